The molecule has 0 bridgehead atoms. The monoisotopic (exact) mass is 496 g/mol. The highest BCUT2D eigenvalue weighted by molar-refractivity contribution is 6.05. The fraction of sp³-hybridized carbons (Fsp3) is 0.276. The maximum absolute atomic E-state index is 14.3. The first-order chi connectivity index (χ1) is 16.9. The van der Waals surface area contributed by atoms with Gasteiger partial charge in [-0.1, -0.05) is 63.2 Å². The Kier molecular flexibility index (Phi) is 6.94. The lowest BCUT2D eigenvalue weighted by Crippen LogP contribution is -2.33. The highest BCUT2D eigenvalue weighted by atomic mass is 19.4. The van der Waals surface area contributed by atoms with Gasteiger partial charge in [-0.15, -0.1) is 0 Å². The number of nitrogens with zero attached hydrogens (tertiary/aromatic N) is 1. The molecule has 0 saturated heterocycles. The summed E-state index contributed by atoms with van der Waals surface area (Å²) in [6.45, 7) is 6.73. The molecule has 4 aromatic rings. The summed E-state index contributed by atoms with van der Waals surface area (Å²) < 4.78 is 53.8. The molecule has 0 aliphatic rings. The molecule has 0 fully saturated rings. The van der Waals surface area contributed by atoms with Crippen LogP contribution >= 0.6 is 0 Å². The molecule has 0 spiro atoms. The molecule has 1 heterocycles. The van der Waals surface area contributed by atoms with Crippen molar-refractivity contribution in [2.24, 2.45) is 0 Å². The Bertz CT molecular complexity index is 1360. The molecule has 0 atom stereocenters. The molecular formula is C29H28F4N2O. The van der Waals surface area contributed by atoms with Gasteiger partial charge in [0.05, 0.1) is 16.6 Å². The van der Waals surface area contributed by atoms with Crippen molar-refractivity contribution in [1.82, 2.24) is 9.88 Å². The van der Waals surface area contributed by atoms with Crippen molar-refractivity contribution in [1.29, 1.82) is 0 Å². The first-order valence-corrected chi connectivity index (χ1v) is 11.7. The number of amides is 1. The number of alkyl halides is 3. The van der Waals surface area contributed by atoms with Gasteiger partial charge in [-0.25, -0.2) is 4.39 Å². The Morgan fingerprint density at radius 1 is 0.889 bits per heavy atom. The molecule has 7 heteroatoms. The second-order valence-corrected chi connectivity index (χ2v) is 10.0. The van der Waals surface area contributed by atoms with Crippen molar-refractivity contribution < 1.29 is 22.4 Å². The first-order valence-electron chi connectivity index (χ1n) is 11.7. The van der Waals surface area contributed by atoms with Crippen LogP contribution < -0.4 is 0 Å². The van der Waals surface area contributed by atoms with Crippen molar-refractivity contribution in [2.45, 2.75) is 45.3 Å². The van der Waals surface area contributed by atoms with Gasteiger partial charge in [0, 0.05) is 24.7 Å². The van der Waals surface area contributed by atoms with E-state index < -0.39 is 23.5 Å². The van der Waals surface area contributed by atoms with E-state index in [2.05, 4.69) is 25.8 Å². The zero-order valence-corrected chi connectivity index (χ0v) is 20.4. The summed E-state index contributed by atoms with van der Waals surface area (Å²) in [6.07, 6.45) is -2.58. The molecule has 1 amide bonds. The fourth-order valence-electron chi connectivity index (χ4n) is 4.22. The number of H-pyrrole nitrogens is 1. The normalized spacial score (nSPS) is 12.2. The smallest absolute Gasteiger partial charge is 0.361 e. The predicted molar refractivity (Wildman–Crippen MR) is 133 cm³/mol. The van der Waals surface area contributed by atoms with Crippen molar-refractivity contribution in [3.8, 4) is 0 Å². The van der Waals surface area contributed by atoms with Crippen molar-refractivity contribution in [3.63, 3.8) is 0 Å². The van der Waals surface area contributed by atoms with Crippen LogP contribution in [0, 0.1) is 5.82 Å². The zero-order chi connectivity index (χ0) is 26.1. The van der Waals surface area contributed by atoms with Gasteiger partial charge in [0.15, 0.2) is 0 Å². The Morgan fingerprint density at radius 3 is 2.28 bits per heavy atom. The lowest BCUT2D eigenvalue weighted by molar-refractivity contribution is -0.137. The number of hydrogen-bond donors (Lipinski definition) is 1. The van der Waals surface area contributed by atoms with E-state index >= 15 is 0 Å². The third-order valence-corrected chi connectivity index (χ3v) is 6.26. The lowest BCUT2D eigenvalue weighted by Gasteiger charge is -2.25. The average Bonchev–Trinajstić information content (AvgIpc) is 3.28. The second kappa shape index (κ2) is 9.80. The molecule has 0 saturated carbocycles. The number of rotatable bonds is 6. The summed E-state index contributed by atoms with van der Waals surface area (Å²) in [6, 6.07) is 17.2. The summed E-state index contributed by atoms with van der Waals surface area (Å²) in [7, 11) is 0. The molecule has 3 aromatic carbocycles. The minimum Gasteiger partial charge on any atom is -0.361 e. The van der Waals surface area contributed by atoms with Gasteiger partial charge < -0.3 is 9.88 Å². The molecule has 0 aliphatic heterocycles. The molecule has 0 radical (unpaired) electrons. The molecule has 0 aliphatic carbocycles. The summed E-state index contributed by atoms with van der Waals surface area (Å²) >= 11 is 0. The van der Waals surface area contributed by atoms with Crippen LogP contribution in [0.3, 0.4) is 0 Å². The summed E-state index contributed by atoms with van der Waals surface area (Å²) in [5.41, 5.74) is 2.44. The standard InChI is InChI=1S/C29H28F4N2O/c1-28(2,3)22-9-7-20(8-10-22)18-35(14-12-19-5-4-6-23(15-19)29(31,32)33)27(36)25-17-24(30)16-21-11-13-34-26(21)25/h4-11,13,15-17,34H,12,14,18H2,1-3H3. The summed E-state index contributed by atoms with van der Waals surface area (Å²) in [5, 5.41) is 0.575. The average molecular weight is 497 g/mol. The molecular weight excluding hydrogens is 468 g/mol. The van der Waals surface area contributed by atoms with Gasteiger partial charge in [-0.3, -0.25) is 4.79 Å². The van der Waals surface area contributed by atoms with E-state index in [1.54, 1.807) is 23.2 Å². The molecule has 188 valence electrons. The maximum atomic E-state index is 14.3. The molecule has 3 nitrogen and oxygen atoms in total. The van der Waals surface area contributed by atoms with Crippen LogP contribution in [0.4, 0.5) is 17.6 Å². The Balaban J connectivity index is 1.64. The number of fused-ring (bicyclic) bond motifs is 1. The summed E-state index contributed by atoms with van der Waals surface area (Å²) in [4.78, 5) is 18.2. The Hall–Kier alpha value is -3.61. The maximum Gasteiger partial charge on any atom is 0.416 e. The molecule has 1 N–H and O–H groups in total. The molecule has 36 heavy (non-hydrogen) atoms. The van der Waals surface area contributed by atoms with Gasteiger partial charge in [-0.05, 0) is 52.8 Å². The minimum atomic E-state index is -4.44. The Morgan fingerprint density at radius 2 is 1.61 bits per heavy atom. The third kappa shape index (κ3) is 5.78. The predicted octanol–water partition coefficient (Wildman–Crippen LogP) is 7.51. The SMILES string of the molecule is CC(C)(C)c1ccc(CN(CCc2cccc(C(F)(F)F)c2)C(=O)c2cc(F)cc3cc[nH]c23)cc1. The zero-order valence-electron chi connectivity index (χ0n) is 20.4. The van der Waals surface area contributed by atoms with Crippen LogP contribution in [0.2, 0.25) is 0 Å². The number of halogens is 4. The fourth-order valence-corrected chi connectivity index (χ4v) is 4.22. The number of hydrogen-bond acceptors (Lipinski definition) is 1. The number of aromatic nitrogens is 1. The van der Waals surface area contributed by atoms with Crippen molar-refractivity contribution in [2.75, 3.05) is 6.54 Å². The van der Waals surface area contributed by atoms with Crippen LogP contribution in [0.15, 0.2) is 72.9 Å². The van der Waals surface area contributed by atoms with E-state index in [0.29, 0.717) is 16.5 Å². The quantitative estimate of drug-likeness (QED) is 0.276. The number of carbonyl (C=O) groups excluding carboxylic acids is 1. The van der Waals surface area contributed by atoms with Gasteiger partial charge in [-0.2, -0.15) is 13.2 Å². The first kappa shape index (κ1) is 25.5. The van der Waals surface area contributed by atoms with E-state index in [9.17, 15) is 22.4 Å². The molecule has 4 rings (SSSR count). The largest absolute Gasteiger partial charge is 0.416 e. The molecule has 0 unspecified atom stereocenters. The van der Waals surface area contributed by atoms with E-state index in [0.717, 1.165) is 23.3 Å². The van der Waals surface area contributed by atoms with Gasteiger partial charge >= 0.3 is 6.18 Å². The highest BCUT2D eigenvalue weighted by Crippen LogP contribution is 2.30. The lowest BCUT2D eigenvalue weighted by atomic mass is 9.87. The van der Waals surface area contributed by atoms with E-state index in [1.807, 2.05) is 24.3 Å². The van der Waals surface area contributed by atoms with E-state index in [-0.39, 0.29) is 30.5 Å². The van der Waals surface area contributed by atoms with Gasteiger partial charge in [0.2, 0.25) is 0 Å². The van der Waals surface area contributed by atoms with E-state index in [4.69, 9.17) is 0 Å². The van der Waals surface area contributed by atoms with Gasteiger partial charge in [0.25, 0.3) is 5.91 Å². The van der Waals surface area contributed by atoms with Gasteiger partial charge in [0.1, 0.15) is 5.82 Å². The van der Waals surface area contributed by atoms with Crippen LogP contribution in [0.5, 0.6) is 0 Å². The minimum absolute atomic E-state index is 0.0294. The van der Waals surface area contributed by atoms with Crippen LogP contribution in [0.25, 0.3) is 10.9 Å². The highest BCUT2D eigenvalue weighted by Gasteiger charge is 2.30. The molecule has 1 aromatic heterocycles. The Labute approximate surface area is 207 Å². The van der Waals surface area contributed by atoms with Crippen LogP contribution in [-0.2, 0) is 24.6 Å². The number of carbonyl (C=O) groups is 1. The van der Waals surface area contributed by atoms with Crippen molar-refractivity contribution in [3.05, 3.63) is 107 Å². The second-order valence-electron chi connectivity index (χ2n) is 10.0. The number of aromatic amines is 1. The van der Waals surface area contributed by atoms with Crippen molar-refractivity contribution >= 4 is 16.8 Å². The van der Waals surface area contributed by atoms with Crippen LogP contribution in [-0.4, -0.2) is 22.3 Å². The summed E-state index contributed by atoms with van der Waals surface area (Å²) in [5.74, 6) is -0.924. The number of benzene rings is 3. The van der Waals surface area contributed by atoms with Crippen LogP contribution in [0.1, 0.15) is 53.4 Å². The number of nitrogens with one attached hydrogen (secondary N) is 1. The van der Waals surface area contributed by atoms with E-state index in [1.165, 1.54) is 18.2 Å². The topological polar surface area (TPSA) is 36.1 Å². The third-order valence-electron chi connectivity index (χ3n) is 6.26.